The summed E-state index contributed by atoms with van der Waals surface area (Å²) in [5.41, 5.74) is 5.13. The molecule has 0 aliphatic rings. The lowest BCUT2D eigenvalue weighted by molar-refractivity contribution is 0.590. The number of nitrogens with zero attached hydrogens (tertiary/aromatic N) is 1. The first kappa shape index (κ1) is 13.8. The van der Waals surface area contributed by atoms with Crippen molar-refractivity contribution in [3.8, 4) is 11.3 Å². The Morgan fingerprint density at radius 1 is 1.00 bits per heavy atom. The molecule has 0 fully saturated rings. The number of rotatable bonds is 2. The van der Waals surface area contributed by atoms with Crippen LogP contribution in [0.5, 0.6) is 0 Å². The van der Waals surface area contributed by atoms with Crippen molar-refractivity contribution in [1.82, 2.24) is 4.98 Å². The Bertz CT molecular complexity index is 562. The highest BCUT2D eigenvalue weighted by atomic mass is 14.7. The molecular formula is C18H23N. The summed E-state index contributed by atoms with van der Waals surface area (Å²) in [5.74, 6) is 0.535. The highest BCUT2D eigenvalue weighted by molar-refractivity contribution is 5.61. The van der Waals surface area contributed by atoms with Crippen LogP contribution in [0, 0.1) is 0 Å². The van der Waals surface area contributed by atoms with E-state index in [-0.39, 0.29) is 5.41 Å². The standard InChI is InChI=1S/C18H23N/c1-13(2)14-9-10-19-17(12-14)15-7-6-8-16(11-15)18(3,4)5/h6-13H,1-5H3. The second-order valence-corrected chi connectivity index (χ2v) is 6.46. The summed E-state index contributed by atoms with van der Waals surface area (Å²) in [4.78, 5) is 4.52. The third kappa shape index (κ3) is 3.23. The SMILES string of the molecule is CC(C)c1ccnc(-c2cccc(C(C)(C)C)c2)c1. The van der Waals surface area contributed by atoms with E-state index in [2.05, 4.69) is 76.0 Å². The summed E-state index contributed by atoms with van der Waals surface area (Å²) < 4.78 is 0. The second kappa shape index (κ2) is 5.16. The molecule has 0 saturated carbocycles. The highest BCUT2D eigenvalue weighted by Gasteiger charge is 2.14. The van der Waals surface area contributed by atoms with Crippen molar-refractivity contribution in [3.05, 3.63) is 53.7 Å². The third-order valence-electron chi connectivity index (χ3n) is 3.48. The molecule has 0 unspecified atom stereocenters. The Labute approximate surface area is 116 Å². The van der Waals surface area contributed by atoms with Gasteiger partial charge in [-0.3, -0.25) is 4.98 Å². The van der Waals surface area contributed by atoms with Crippen LogP contribution >= 0.6 is 0 Å². The average molecular weight is 253 g/mol. The van der Waals surface area contributed by atoms with Crippen LogP contribution in [0.3, 0.4) is 0 Å². The molecule has 2 rings (SSSR count). The van der Waals surface area contributed by atoms with E-state index in [1.807, 2.05) is 6.20 Å². The third-order valence-corrected chi connectivity index (χ3v) is 3.48. The van der Waals surface area contributed by atoms with E-state index >= 15 is 0 Å². The van der Waals surface area contributed by atoms with Gasteiger partial charge in [-0.15, -0.1) is 0 Å². The highest BCUT2D eigenvalue weighted by Crippen LogP contribution is 2.27. The van der Waals surface area contributed by atoms with Crippen LogP contribution < -0.4 is 0 Å². The van der Waals surface area contributed by atoms with Gasteiger partial charge in [0, 0.05) is 11.8 Å². The lowest BCUT2D eigenvalue weighted by Gasteiger charge is -2.19. The number of pyridine rings is 1. The Morgan fingerprint density at radius 2 is 1.74 bits per heavy atom. The van der Waals surface area contributed by atoms with E-state index in [0.717, 1.165) is 5.69 Å². The molecule has 1 aromatic heterocycles. The van der Waals surface area contributed by atoms with E-state index in [1.54, 1.807) is 0 Å². The Morgan fingerprint density at radius 3 is 2.37 bits per heavy atom. The van der Waals surface area contributed by atoms with Gasteiger partial charge in [0.15, 0.2) is 0 Å². The van der Waals surface area contributed by atoms with Gasteiger partial charge in [0.05, 0.1) is 5.69 Å². The quantitative estimate of drug-likeness (QED) is 0.719. The van der Waals surface area contributed by atoms with E-state index in [1.165, 1.54) is 16.7 Å². The van der Waals surface area contributed by atoms with Gasteiger partial charge in [-0.1, -0.05) is 52.8 Å². The molecule has 0 spiro atoms. The number of hydrogen-bond acceptors (Lipinski definition) is 1. The molecule has 1 aromatic carbocycles. The predicted molar refractivity (Wildman–Crippen MR) is 82.5 cm³/mol. The van der Waals surface area contributed by atoms with Crippen molar-refractivity contribution in [1.29, 1.82) is 0 Å². The van der Waals surface area contributed by atoms with Crippen LogP contribution in [0.1, 0.15) is 51.7 Å². The van der Waals surface area contributed by atoms with E-state index in [9.17, 15) is 0 Å². The summed E-state index contributed by atoms with van der Waals surface area (Å²) in [6.45, 7) is 11.1. The molecule has 0 bridgehead atoms. The maximum absolute atomic E-state index is 4.52. The molecule has 1 heteroatoms. The molecule has 0 radical (unpaired) electrons. The van der Waals surface area contributed by atoms with Crippen LogP contribution in [-0.4, -0.2) is 4.98 Å². The molecule has 0 aliphatic heterocycles. The van der Waals surface area contributed by atoms with Gasteiger partial charge >= 0.3 is 0 Å². The van der Waals surface area contributed by atoms with Gasteiger partial charge in [0.2, 0.25) is 0 Å². The van der Waals surface area contributed by atoms with Crippen LogP contribution in [0.2, 0.25) is 0 Å². The van der Waals surface area contributed by atoms with Crippen LogP contribution in [0.15, 0.2) is 42.6 Å². The molecule has 0 atom stereocenters. The van der Waals surface area contributed by atoms with Gasteiger partial charge < -0.3 is 0 Å². The van der Waals surface area contributed by atoms with Crippen molar-refractivity contribution in [2.24, 2.45) is 0 Å². The molecule has 0 aliphatic carbocycles. The predicted octanol–water partition coefficient (Wildman–Crippen LogP) is 5.17. The zero-order valence-corrected chi connectivity index (χ0v) is 12.6. The van der Waals surface area contributed by atoms with E-state index in [0.29, 0.717) is 5.92 Å². The molecule has 100 valence electrons. The zero-order valence-electron chi connectivity index (χ0n) is 12.6. The van der Waals surface area contributed by atoms with E-state index < -0.39 is 0 Å². The fraction of sp³-hybridized carbons (Fsp3) is 0.389. The van der Waals surface area contributed by atoms with Crippen molar-refractivity contribution < 1.29 is 0 Å². The van der Waals surface area contributed by atoms with Crippen LogP contribution in [0.25, 0.3) is 11.3 Å². The average Bonchev–Trinajstić information content (AvgIpc) is 2.38. The lowest BCUT2D eigenvalue weighted by atomic mass is 9.86. The normalized spacial score (nSPS) is 11.9. The molecule has 1 heterocycles. The number of hydrogen-bond donors (Lipinski definition) is 0. The number of aromatic nitrogens is 1. The first-order valence-electron chi connectivity index (χ1n) is 6.95. The maximum atomic E-state index is 4.52. The van der Waals surface area contributed by atoms with Gasteiger partial charge in [0.1, 0.15) is 0 Å². The minimum atomic E-state index is 0.172. The Hall–Kier alpha value is -1.63. The smallest absolute Gasteiger partial charge is 0.0704 e. The summed E-state index contributed by atoms with van der Waals surface area (Å²) >= 11 is 0. The van der Waals surface area contributed by atoms with Crippen molar-refractivity contribution in [2.45, 2.75) is 46.0 Å². The lowest BCUT2D eigenvalue weighted by Crippen LogP contribution is -2.10. The van der Waals surface area contributed by atoms with Crippen LogP contribution in [-0.2, 0) is 5.41 Å². The molecule has 1 nitrogen and oxygen atoms in total. The molecule has 0 N–H and O–H groups in total. The molecule has 0 saturated heterocycles. The largest absolute Gasteiger partial charge is 0.256 e. The maximum Gasteiger partial charge on any atom is 0.0704 e. The molecule has 19 heavy (non-hydrogen) atoms. The minimum absolute atomic E-state index is 0.172. The van der Waals surface area contributed by atoms with Crippen molar-refractivity contribution in [3.63, 3.8) is 0 Å². The van der Waals surface area contributed by atoms with Gasteiger partial charge in [-0.25, -0.2) is 0 Å². The summed E-state index contributed by atoms with van der Waals surface area (Å²) in [5, 5.41) is 0. The minimum Gasteiger partial charge on any atom is -0.256 e. The molecule has 2 aromatic rings. The van der Waals surface area contributed by atoms with Gasteiger partial charge in [0.25, 0.3) is 0 Å². The first-order chi connectivity index (χ1) is 8.88. The van der Waals surface area contributed by atoms with Gasteiger partial charge in [-0.2, -0.15) is 0 Å². The summed E-state index contributed by atoms with van der Waals surface area (Å²) in [7, 11) is 0. The topological polar surface area (TPSA) is 12.9 Å². The first-order valence-corrected chi connectivity index (χ1v) is 6.95. The zero-order chi connectivity index (χ0) is 14.0. The molecular weight excluding hydrogens is 230 g/mol. The Kier molecular flexibility index (Phi) is 3.75. The van der Waals surface area contributed by atoms with Gasteiger partial charge in [-0.05, 0) is 40.7 Å². The second-order valence-electron chi connectivity index (χ2n) is 6.46. The van der Waals surface area contributed by atoms with Crippen LogP contribution in [0.4, 0.5) is 0 Å². The van der Waals surface area contributed by atoms with E-state index in [4.69, 9.17) is 0 Å². The molecule has 0 amide bonds. The van der Waals surface area contributed by atoms with Crippen molar-refractivity contribution >= 4 is 0 Å². The monoisotopic (exact) mass is 253 g/mol. The Balaban J connectivity index is 2.45. The number of benzene rings is 1. The van der Waals surface area contributed by atoms with Crippen molar-refractivity contribution in [2.75, 3.05) is 0 Å². The fourth-order valence-electron chi connectivity index (χ4n) is 2.11. The summed E-state index contributed by atoms with van der Waals surface area (Å²) in [6, 6.07) is 13.0. The fourth-order valence-corrected chi connectivity index (χ4v) is 2.11. The summed E-state index contributed by atoms with van der Waals surface area (Å²) in [6.07, 6.45) is 1.91.